The first kappa shape index (κ1) is 16.8. The molecule has 0 aliphatic heterocycles. The molecule has 0 radical (unpaired) electrons. The van der Waals surface area contributed by atoms with Crippen molar-refractivity contribution >= 4 is 5.91 Å². The van der Waals surface area contributed by atoms with Crippen LogP contribution in [-0.2, 0) is 4.79 Å². The molecule has 21 heavy (non-hydrogen) atoms. The van der Waals surface area contributed by atoms with Gasteiger partial charge in [-0.2, -0.15) is 0 Å². The van der Waals surface area contributed by atoms with Crippen molar-refractivity contribution in [2.45, 2.75) is 84.2 Å². The smallest absolute Gasteiger partial charge is 0.226 e. The van der Waals surface area contributed by atoms with Crippen molar-refractivity contribution in [3.63, 3.8) is 0 Å². The van der Waals surface area contributed by atoms with Crippen LogP contribution in [0.15, 0.2) is 0 Å². The Kier molecular flexibility index (Phi) is 5.34. The number of hydrogen-bond donors (Lipinski definition) is 2. The second-order valence-electron chi connectivity index (χ2n) is 8.17. The third-order valence-corrected chi connectivity index (χ3v) is 5.62. The summed E-state index contributed by atoms with van der Waals surface area (Å²) >= 11 is 0. The minimum atomic E-state index is -0.667. The van der Waals surface area contributed by atoms with Crippen LogP contribution in [0, 0.1) is 17.3 Å². The average Bonchev–Trinajstić information content (AvgIpc) is 2.89. The molecule has 3 nitrogen and oxygen atoms in total. The molecule has 2 aliphatic carbocycles. The molecule has 0 heterocycles. The van der Waals surface area contributed by atoms with Crippen LogP contribution in [0.1, 0.15) is 78.6 Å². The zero-order chi connectivity index (χ0) is 15.5. The van der Waals surface area contributed by atoms with Crippen LogP contribution in [0.3, 0.4) is 0 Å². The summed E-state index contributed by atoms with van der Waals surface area (Å²) in [5.74, 6) is 1.45. The van der Waals surface area contributed by atoms with Crippen LogP contribution in [0.2, 0.25) is 0 Å². The minimum Gasteiger partial charge on any atom is -0.388 e. The molecule has 122 valence electrons. The van der Waals surface area contributed by atoms with Crippen LogP contribution in [-0.4, -0.2) is 23.2 Å². The molecule has 0 aromatic heterocycles. The molecule has 2 fully saturated rings. The Bertz CT molecular complexity index is 350. The summed E-state index contributed by atoms with van der Waals surface area (Å²) in [7, 11) is 0. The van der Waals surface area contributed by atoms with Crippen molar-refractivity contribution in [1.82, 2.24) is 5.32 Å². The molecular weight excluding hydrogens is 262 g/mol. The zero-order valence-corrected chi connectivity index (χ0v) is 14.1. The van der Waals surface area contributed by atoms with Gasteiger partial charge in [0, 0.05) is 12.0 Å². The van der Waals surface area contributed by atoms with Crippen molar-refractivity contribution in [2.75, 3.05) is 6.54 Å². The molecule has 1 amide bonds. The lowest BCUT2D eigenvalue weighted by atomic mass is 9.76. The van der Waals surface area contributed by atoms with Crippen LogP contribution in [0.25, 0.3) is 0 Å². The Balaban J connectivity index is 1.90. The van der Waals surface area contributed by atoms with Crippen LogP contribution in [0.5, 0.6) is 0 Å². The third kappa shape index (κ3) is 4.21. The lowest BCUT2D eigenvalue weighted by Crippen LogP contribution is -2.49. The second-order valence-corrected chi connectivity index (χ2v) is 8.17. The fraction of sp³-hybridized carbons (Fsp3) is 0.944. The summed E-state index contributed by atoms with van der Waals surface area (Å²) < 4.78 is 0. The summed E-state index contributed by atoms with van der Waals surface area (Å²) in [6, 6.07) is 0. The van der Waals surface area contributed by atoms with Crippen molar-refractivity contribution in [1.29, 1.82) is 0 Å². The third-order valence-electron chi connectivity index (χ3n) is 5.62. The van der Waals surface area contributed by atoms with Gasteiger partial charge in [-0.1, -0.05) is 33.6 Å². The fourth-order valence-electron chi connectivity index (χ4n) is 4.27. The molecule has 0 aromatic rings. The second kappa shape index (κ2) is 6.68. The number of carbonyl (C=O) groups is 1. The Hall–Kier alpha value is -0.570. The van der Waals surface area contributed by atoms with Gasteiger partial charge in [0.2, 0.25) is 5.91 Å². The van der Waals surface area contributed by atoms with Crippen molar-refractivity contribution < 1.29 is 9.90 Å². The first-order valence-electron chi connectivity index (χ1n) is 8.86. The lowest BCUT2D eigenvalue weighted by Gasteiger charge is -2.37. The molecule has 0 unspecified atom stereocenters. The Morgan fingerprint density at radius 3 is 2.29 bits per heavy atom. The van der Waals surface area contributed by atoms with E-state index in [0.717, 1.165) is 44.9 Å². The summed E-state index contributed by atoms with van der Waals surface area (Å²) in [5, 5.41) is 13.7. The van der Waals surface area contributed by atoms with Crippen molar-refractivity contribution in [3.8, 4) is 0 Å². The SMILES string of the molecule is CC(C)CC1(C(=O)NCC2(O)CCC(C)CC2)CCCC1. The average molecular weight is 295 g/mol. The van der Waals surface area contributed by atoms with Crippen molar-refractivity contribution in [3.05, 3.63) is 0 Å². The monoisotopic (exact) mass is 295 g/mol. The van der Waals surface area contributed by atoms with Gasteiger partial charge in [-0.15, -0.1) is 0 Å². The van der Waals surface area contributed by atoms with E-state index in [2.05, 4.69) is 26.1 Å². The molecule has 3 heteroatoms. The summed E-state index contributed by atoms with van der Waals surface area (Å²) in [6.07, 6.45) is 9.15. The number of rotatable bonds is 5. The number of aliphatic hydroxyl groups is 1. The summed E-state index contributed by atoms with van der Waals surface area (Å²) in [4.78, 5) is 12.7. The highest BCUT2D eigenvalue weighted by Gasteiger charge is 2.42. The number of amides is 1. The molecule has 2 aliphatic rings. The normalized spacial score (nSPS) is 32.3. The minimum absolute atomic E-state index is 0.160. The highest BCUT2D eigenvalue weighted by molar-refractivity contribution is 5.83. The maximum atomic E-state index is 12.7. The molecule has 0 bridgehead atoms. The Morgan fingerprint density at radius 1 is 1.19 bits per heavy atom. The molecule has 2 rings (SSSR count). The lowest BCUT2D eigenvalue weighted by molar-refractivity contribution is -0.133. The van der Waals surface area contributed by atoms with E-state index in [4.69, 9.17) is 0 Å². The summed E-state index contributed by atoms with van der Waals surface area (Å²) in [5.41, 5.74) is -0.827. The van der Waals surface area contributed by atoms with E-state index in [1.807, 2.05) is 0 Å². The highest BCUT2D eigenvalue weighted by atomic mass is 16.3. The molecule has 0 aromatic carbocycles. The van der Waals surface area contributed by atoms with Crippen molar-refractivity contribution in [2.24, 2.45) is 17.3 Å². The van der Waals surface area contributed by atoms with Gasteiger partial charge in [-0.05, 0) is 56.8 Å². The predicted octanol–water partition coefficient (Wildman–Crippen LogP) is 3.65. The van der Waals surface area contributed by atoms with Gasteiger partial charge in [-0.25, -0.2) is 0 Å². The van der Waals surface area contributed by atoms with Crippen LogP contribution >= 0.6 is 0 Å². The molecule has 2 N–H and O–H groups in total. The Morgan fingerprint density at radius 2 is 1.76 bits per heavy atom. The Labute approximate surface area is 129 Å². The molecular formula is C18H33NO2. The molecule has 0 saturated heterocycles. The molecule has 0 spiro atoms. The van der Waals surface area contributed by atoms with E-state index in [9.17, 15) is 9.90 Å². The quantitative estimate of drug-likeness (QED) is 0.813. The maximum absolute atomic E-state index is 12.7. The van der Waals surface area contributed by atoms with E-state index in [1.165, 1.54) is 12.8 Å². The van der Waals surface area contributed by atoms with Gasteiger partial charge >= 0.3 is 0 Å². The van der Waals surface area contributed by atoms with E-state index in [-0.39, 0.29) is 11.3 Å². The van der Waals surface area contributed by atoms with E-state index >= 15 is 0 Å². The van der Waals surface area contributed by atoms with Crippen LogP contribution in [0.4, 0.5) is 0 Å². The van der Waals surface area contributed by atoms with E-state index in [0.29, 0.717) is 18.4 Å². The van der Waals surface area contributed by atoms with Gasteiger partial charge in [0.1, 0.15) is 0 Å². The largest absolute Gasteiger partial charge is 0.388 e. The van der Waals surface area contributed by atoms with Gasteiger partial charge in [0.15, 0.2) is 0 Å². The number of carbonyl (C=O) groups excluding carboxylic acids is 1. The van der Waals surface area contributed by atoms with Crippen LogP contribution < -0.4 is 5.32 Å². The maximum Gasteiger partial charge on any atom is 0.226 e. The first-order valence-corrected chi connectivity index (χ1v) is 8.86. The van der Waals surface area contributed by atoms with Gasteiger partial charge in [0.25, 0.3) is 0 Å². The fourth-order valence-corrected chi connectivity index (χ4v) is 4.27. The highest BCUT2D eigenvalue weighted by Crippen LogP contribution is 2.43. The van der Waals surface area contributed by atoms with Gasteiger partial charge in [-0.3, -0.25) is 4.79 Å². The number of hydrogen-bond acceptors (Lipinski definition) is 2. The first-order chi connectivity index (χ1) is 9.85. The van der Waals surface area contributed by atoms with Gasteiger partial charge in [0.05, 0.1) is 5.60 Å². The standard InChI is InChI=1S/C18H33NO2/c1-14(2)12-17(8-4-5-9-17)16(20)19-13-18(21)10-6-15(3)7-11-18/h14-15,21H,4-13H2,1-3H3,(H,19,20). The number of nitrogens with one attached hydrogen (secondary N) is 1. The van der Waals surface area contributed by atoms with E-state index in [1.54, 1.807) is 0 Å². The summed E-state index contributed by atoms with van der Waals surface area (Å²) in [6.45, 7) is 7.08. The predicted molar refractivity (Wildman–Crippen MR) is 85.9 cm³/mol. The topological polar surface area (TPSA) is 49.3 Å². The molecule has 0 atom stereocenters. The van der Waals surface area contributed by atoms with E-state index < -0.39 is 5.60 Å². The van der Waals surface area contributed by atoms with Gasteiger partial charge < -0.3 is 10.4 Å². The molecule has 2 saturated carbocycles. The zero-order valence-electron chi connectivity index (χ0n) is 14.1.